The lowest BCUT2D eigenvalue weighted by molar-refractivity contribution is 1.23. The topological polar surface area (TPSA) is 3.24 Å². The van der Waals surface area contributed by atoms with E-state index in [1.807, 2.05) is 12.1 Å². The molecule has 0 spiro atoms. The summed E-state index contributed by atoms with van der Waals surface area (Å²) in [6.45, 7) is 0. The third kappa shape index (κ3) is 6.24. The average molecular weight is 712 g/mol. The minimum absolute atomic E-state index is 0.892. The van der Waals surface area contributed by atoms with Crippen LogP contribution in [0.5, 0.6) is 0 Å². The molecule has 0 saturated heterocycles. The Morgan fingerprint density at radius 1 is 0.339 bits per heavy atom. The molecule has 0 saturated carbocycles. The Morgan fingerprint density at radius 3 is 1.38 bits per heavy atom. The van der Waals surface area contributed by atoms with Gasteiger partial charge in [0.15, 0.2) is 0 Å². The molecule has 1 aliphatic rings. The molecule has 9 aromatic carbocycles. The molecular weight excluding hydrogens is 675 g/mol. The zero-order chi connectivity index (χ0) is 37.4. The van der Waals surface area contributed by atoms with Crippen molar-refractivity contribution < 1.29 is 0 Å². The third-order valence-electron chi connectivity index (χ3n) is 11.2. The monoisotopic (exact) mass is 711 g/mol. The molecular formula is C55H37N. The maximum atomic E-state index is 5.56. The number of hydrogen-bond donors (Lipinski definition) is 0. The zero-order valence-corrected chi connectivity index (χ0v) is 30.9. The molecule has 0 unspecified atom stereocenters. The second-order valence-corrected chi connectivity index (χ2v) is 14.5. The molecule has 0 atom stereocenters. The van der Waals surface area contributed by atoms with Crippen LogP contribution in [0.25, 0.3) is 66.4 Å². The maximum Gasteiger partial charge on any atom is 0.0464 e. The van der Waals surface area contributed by atoms with E-state index in [2.05, 4.69) is 205 Å². The van der Waals surface area contributed by atoms with Crippen LogP contribution in [0.2, 0.25) is 0 Å². The van der Waals surface area contributed by atoms with Crippen LogP contribution < -0.4 is 4.90 Å². The van der Waals surface area contributed by atoms with E-state index in [-0.39, 0.29) is 0 Å². The van der Waals surface area contributed by atoms with E-state index in [1.165, 1.54) is 72.0 Å². The lowest BCUT2D eigenvalue weighted by atomic mass is 9.97. The second kappa shape index (κ2) is 14.1. The smallest absolute Gasteiger partial charge is 0.0464 e. The van der Waals surface area contributed by atoms with Crippen molar-refractivity contribution in [3.05, 3.63) is 223 Å². The molecule has 1 heteroatoms. The first-order valence-corrected chi connectivity index (χ1v) is 19.2. The predicted molar refractivity (Wildman–Crippen MR) is 237 cm³/mol. The Kier molecular flexibility index (Phi) is 8.36. The fourth-order valence-corrected chi connectivity index (χ4v) is 8.18. The van der Waals surface area contributed by atoms with Gasteiger partial charge < -0.3 is 4.90 Å². The van der Waals surface area contributed by atoms with E-state index in [4.69, 9.17) is 6.42 Å². The van der Waals surface area contributed by atoms with Crippen molar-refractivity contribution >= 4 is 27.8 Å². The van der Waals surface area contributed by atoms with Gasteiger partial charge in [-0.1, -0.05) is 158 Å². The van der Waals surface area contributed by atoms with Gasteiger partial charge in [0.05, 0.1) is 0 Å². The van der Waals surface area contributed by atoms with Crippen LogP contribution in [0.4, 0.5) is 17.1 Å². The molecule has 56 heavy (non-hydrogen) atoms. The largest absolute Gasteiger partial charge is 0.310 e. The fraction of sp³-hybridized carbons (Fsp3) is 0.0182. The molecule has 9 aromatic rings. The molecule has 10 rings (SSSR count). The summed E-state index contributed by atoms with van der Waals surface area (Å²) in [5.74, 6) is 2.70. The van der Waals surface area contributed by atoms with E-state index in [1.54, 1.807) is 0 Å². The standard InChI is InChI=1S/C55H37N/c1-2-38-12-14-41(15-13-38)42-16-18-43(19-17-42)45-24-29-52(30-25-45)56(51-27-22-44(23-28-51)39-8-4-3-5-9-39)53-31-33-55-50(37-53)36-49-35-48(26-32-54(49)55)47-21-20-40-10-6-7-11-46(40)34-47/h1,3-35,37H,36H2. The van der Waals surface area contributed by atoms with Gasteiger partial charge in [-0.2, -0.15) is 0 Å². The van der Waals surface area contributed by atoms with Gasteiger partial charge in [0.1, 0.15) is 0 Å². The molecule has 0 fully saturated rings. The summed E-state index contributed by atoms with van der Waals surface area (Å²) in [4.78, 5) is 2.38. The summed E-state index contributed by atoms with van der Waals surface area (Å²) in [5, 5.41) is 2.54. The first-order valence-electron chi connectivity index (χ1n) is 19.2. The van der Waals surface area contributed by atoms with Crippen molar-refractivity contribution in [1.82, 2.24) is 0 Å². The van der Waals surface area contributed by atoms with E-state index in [0.717, 1.165) is 34.6 Å². The van der Waals surface area contributed by atoms with E-state index in [9.17, 15) is 0 Å². The number of hydrogen-bond acceptors (Lipinski definition) is 1. The van der Waals surface area contributed by atoms with Crippen LogP contribution in [0, 0.1) is 12.3 Å². The van der Waals surface area contributed by atoms with Crippen LogP contribution in [0.3, 0.4) is 0 Å². The molecule has 262 valence electrons. The van der Waals surface area contributed by atoms with Crippen LogP contribution in [0.15, 0.2) is 206 Å². The van der Waals surface area contributed by atoms with Gasteiger partial charge in [0.25, 0.3) is 0 Å². The van der Waals surface area contributed by atoms with E-state index in [0.29, 0.717) is 0 Å². The lowest BCUT2D eigenvalue weighted by Gasteiger charge is -2.26. The molecule has 0 bridgehead atoms. The normalized spacial score (nSPS) is 11.5. The molecule has 1 aliphatic carbocycles. The van der Waals surface area contributed by atoms with Crippen molar-refractivity contribution in [2.75, 3.05) is 4.90 Å². The van der Waals surface area contributed by atoms with Crippen molar-refractivity contribution in [3.8, 4) is 68.0 Å². The van der Waals surface area contributed by atoms with Gasteiger partial charge in [-0.25, -0.2) is 0 Å². The number of rotatable bonds is 7. The van der Waals surface area contributed by atoms with Crippen molar-refractivity contribution in [3.63, 3.8) is 0 Å². The van der Waals surface area contributed by atoms with Gasteiger partial charge in [-0.05, 0) is 139 Å². The minimum Gasteiger partial charge on any atom is -0.310 e. The molecule has 1 nitrogen and oxygen atoms in total. The molecule has 0 heterocycles. The van der Waals surface area contributed by atoms with Gasteiger partial charge >= 0.3 is 0 Å². The van der Waals surface area contributed by atoms with E-state index >= 15 is 0 Å². The Bertz CT molecular complexity index is 2900. The molecule has 0 radical (unpaired) electrons. The first kappa shape index (κ1) is 33.2. The summed E-state index contributed by atoms with van der Waals surface area (Å²) >= 11 is 0. The van der Waals surface area contributed by atoms with Crippen molar-refractivity contribution in [2.24, 2.45) is 0 Å². The van der Waals surface area contributed by atoms with Gasteiger partial charge in [0, 0.05) is 22.6 Å². The Labute approximate surface area is 328 Å². The number of anilines is 3. The summed E-state index contributed by atoms with van der Waals surface area (Å²) in [5.41, 5.74) is 19.2. The van der Waals surface area contributed by atoms with Gasteiger partial charge in [0.2, 0.25) is 0 Å². The number of nitrogens with zero attached hydrogens (tertiary/aromatic N) is 1. The quantitative estimate of drug-likeness (QED) is 0.149. The second-order valence-electron chi connectivity index (χ2n) is 14.5. The number of fused-ring (bicyclic) bond motifs is 4. The summed E-state index contributed by atoms with van der Waals surface area (Å²) in [6, 6.07) is 74.7. The SMILES string of the molecule is C#Cc1ccc(-c2ccc(-c3ccc(N(c4ccc(-c5ccccc5)cc4)c4ccc5c(c4)Cc4cc(-c6ccc7ccccc7c6)ccc4-5)cc3)cc2)cc1. The zero-order valence-electron chi connectivity index (χ0n) is 30.9. The first-order chi connectivity index (χ1) is 27.7. The van der Waals surface area contributed by atoms with Gasteiger partial charge in [-0.15, -0.1) is 6.42 Å². The highest BCUT2D eigenvalue weighted by Gasteiger charge is 2.22. The highest BCUT2D eigenvalue weighted by molar-refractivity contribution is 5.89. The summed E-state index contributed by atoms with van der Waals surface area (Å²) in [7, 11) is 0. The molecule has 0 amide bonds. The minimum atomic E-state index is 0.892. The Balaban J connectivity index is 0.974. The highest BCUT2D eigenvalue weighted by atomic mass is 15.1. The van der Waals surface area contributed by atoms with Crippen molar-refractivity contribution in [1.29, 1.82) is 0 Å². The van der Waals surface area contributed by atoms with Crippen molar-refractivity contribution in [2.45, 2.75) is 6.42 Å². The van der Waals surface area contributed by atoms with Crippen LogP contribution in [0.1, 0.15) is 16.7 Å². The highest BCUT2D eigenvalue weighted by Crippen LogP contribution is 2.44. The third-order valence-corrected chi connectivity index (χ3v) is 11.2. The molecule has 0 N–H and O–H groups in total. The average Bonchev–Trinajstić information content (AvgIpc) is 3.64. The fourth-order valence-electron chi connectivity index (χ4n) is 8.18. The van der Waals surface area contributed by atoms with Crippen LogP contribution in [-0.2, 0) is 6.42 Å². The number of benzene rings is 9. The molecule has 0 aromatic heterocycles. The maximum absolute atomic E-state index is 5.56. The molecule has 0 aliphatic heterocycles. The van der Waals surface area contributed by atoms with E-state index < -0.39 is 0 Å². The van der Waals surface area contributed by atoms with Crippen LogP contribution in [-0.4, -0.2) is 0 Å². The van der Waals surface area contributed by atoms with Crippen LogP contribution >= 0.6 is 0 Å². The number of terminal acetylenes is 1. The predicted octanol–water partition coefficient (Wildman–Crippen LogP) is 14.5. The Morgan fingerprint density at radius 2 is 0.768 bits per heavy atom. The Hall–Kier alpha value is -7.40. The van der Waals surface area contributed by atoms with Gasteiger partial charge in [-0.3, -0.25) is 0 Å². The lowest BCUT2D eigenvalue weighted by Crippen LogP contribution is -2.10. The summed E-state index contributed by atoms with van der Waals surface area (Å²) in [6.07, 6.45) is 6.47. The summed E-state index contributed by atoms with van der Waals surface area (Å²) < 4.78 is 0.